The predicted octanol–water partition coefficient (Wildman–Crippen LogP) is 5.02. The van der Waals surface area contributed by atoms with E-state index in [0.29, 0.717) is 5.69 Å². The van der Waals surface area contributed by atoms with Crippen molar-refractivity contribution >= 4 is 34.1 Å². The van der Waals surface area contributed by atoms with Crippen LogP contribution >= 0.6 is 22.6 Å². The van der Waals surface area contributed by atoms with Crippen LogP contribution in [0.15, 0.2) is 36.5 Å². The predicted molar refractivity (Wildman–Crippen MR) is 94.6 cm³/mol. The second-order valence-corrected chi connectivity index (χ2v) is 7.22. The number of rotatable bonds is 3. The van der Waals surface area contributed by atoms with Crippen molar-refractivity contribution in [1.82, 2.24) is 4.98 Å². The van der Waals surface area contributed by atoms with Crippen LogP contribution in [0.5, 0.6) is 0 Å². The fourth-order valence-electron chi connectivity index (χ4n) is 2.93. The molecule has 1 N–H and O–H groups in total. The summed E-state index contributed by atoms with van der Waals surface area (Å²) in [5.41, 5.74) is -1.58. The number of nitrogens with zero attached hydrogens (tertiary/aromatic N) is 1. The van der Waals surface area contributed by atoms with Crippen LogP contribution in [-0.2, 0) is 10.2 Å². The van der Waals surface area contributed by atoms with Crippen LogP contribution < -0.4 is 5.32 Å². The first-order valence-corrected chi connectivity index (χ1v) is 8.54. The van der Waals surface area contributed by atoms with Crippen LogP contribution in [0.1, 0.15) is 25.0 Å². The highest BCUT2D eigenvalue weighted by Gasteiger charge is 2.61. The monoisotopic (exact) mass is 448 g/mol. The van der Waals surface area contributed by atoms with Crippen LogP contribution in [0.25, 0.3) is 0 Å². The number of fused-ring (bicyclic) bond motifs is 2. The minimum Gasteiger partial charge on any atom is -0.377 e. The highest BCUT2D eigenvalue weighted by molar-refractivity contribution is 14.1. The van der Waals surface area contributed by atoms with Gasteiger partial charge < -0.3 is 10.1 Å². The number of pyridine rings is 1. The van der Waals surface area contributed by atoms with Gasteiger partial charge in [-0.1, -0.05) is 6.07 Å². The third-order valence-electron chi connectivity index (χ3n) is 4.08. The minimum atomic E-state index is -4.53. The summed E-state index contributed by atoms with van der Waals surface area (Å²) in [6, 6.07) is 7.98. The molecule has 1 atom stereocenters. The summed E-state index contributed by atoms with van der Waals surface area (Å²) in [5.74, 6) is 0.218. The van der Waals surface area contributed by atoms with E-state index in [4.69, 9.17) is 4.74 Å². The van der Waals surface area contributed by atoms with Gasteiger partial charge in [-0.2, -0.15) is 13.2 Å². The SMILES string of the molecule is CC(C)OCC1(C(F)(F)F)c2cc(I)ccc2Nc2ncccc21. The first-order chi connectivity index (χ1) is 11.3. The fraction of sp³-hybridized carbons (Fsp3) is 0.353. The number of benzene rings is 1. The quantitative estimate of drug-likeness (QED) is 0.671. The first kappa shape index (κ1) is 17.5. The summed E-state index contributed by atoms with van der Waals surface area (Å²) in [4.78, 5) is 4.11. The number of alkyl halides is 3. The smallest absolute Gasteiger partial charge is 0.377 e. The largest absolute Gasteiger partial charge is 0.404 e. The lowest BCUT2D eigenvalue weighted by Crippen LogP contribution is -2.50. The average molecular weight is 448 g/mol. The maximum absolute atomic E-state index is 14.4. The highest BCUT2D eigenvalue weighted by Crippen LogP contribution is 2.54. The molecule has 1 aromatic carbocycles. The fourth-order valence-corrected chi connectivity index (χ4v) is 3.43. The van der Waals surface area contributed by atoms with E-state index in [2.05, 4.69) is 10.3 Å². The van der Waals surface area contributed by atoms with Crippen molar-refractivity contribution in [3.63, 3.8) is 0 Å². The molecule has 128 valence electrons. The Balaban J connectivity index is 2.31. The number of halogens is 4. The molecule has 0 aliphatic carbocycles. The first-order valence-electron chi connectivity index (χ1n) is 7.46. The van der Waals surface area contributed by atoms with E-state index in [-0.39, 0.29) is 23.0 Å². The molecule has 2 heterocycles. The van der Waals surface area contributed by atoms with Gasteiger partial charge in [0.25, 0.3) is 0 Å². The van der Waals surface area contributed by atoms with Crippen molar-refractivity contribution in [3.05, 3.63) is 51.2 Å². The third-order valence-corrected chi connectivity index (χ3v) is 4.75. The van der Waals surface area contributed by atoms with Crippen molar-refractivity contribution in [1.29, 1.82) is 0 Å². The number of nitrogens with one attached hydrogen (secondary N) is 1. The highest BCUT2D eigenvalue weighted by atomic mass is 127. The van der Waals surface area contributed by atoms with E-state index in [9.17, 15) is 13.2 Å². The molecule has 1 aromatic heterocycles. The Kier molecular flexibility index (Phi) is 4.50. The van der Waals surface area contributed by atoms with Gasteiger partial charge in [0.05, 0.1) is 12.7 Å². The second-order valence-electron chi connectivity index (χ2n) is 5.98. The maximum Gasteiger partial charge on any atom is 0.404 e. The molecule has 0 fully saturated rings. The summed E-state index contributed by atoms with van der Waals surface area (Å²) in [6.45, 7) is 2.97. The lowest BCUT2D eigenvalue weighted by molar-refractivity contribution is -0.195. The number of ether oxygens (including phenoxy) is 1. The number of hydrogen-bond donors (Lipinski definition) is 1. The summed E-state index contributed by atoms with van der Waals surface area (Å²) >= 11 is 2.02. The Morgan fingerprint density at radius 2 is 2.00 bits per heavy atom. The van der Waals surface area contributed by atoms with Crippen molar-refractivity contribution in [2.24, 2.45) is 0 Å². The summed E-state index contributed by atoms with van der Waals surface area (Å²) in [5, 5.41) is 3.01. The van der Waals surface area contributed by atoms with E-state index in [1.807, 2.05) is 22.6 Å². The number of anilines is 2. The summed E-state index contributed by atoms with van der Waals surface area (Å²) in [7, 11) is 0. The second kappa shape index (κ2) is 6.18. The lowest BCUT2D eigenvalue weighted by Gasteiger charge is -2.41. The van der Waals surface area contributed by atoms with Gasteiger partial charge in [0.2, 0.25) is 0 Å². The van der Waals surface area contributed by atoms with Gasteiger partial charge in [-0.15, -0.1) is 0 Å². The van der Waals surface area contributed by atoms with E-state index >= 15 is 0 Å². The van der Waals surface area contributed by atoms with Gasteiger partial charge in [-0.25, -0.2) is 4.98 Å². The van der Waals surface area contributed by atoms with Crippen LogP contribution in [0.3, 0.4) is 0 Å². The molecule has 0 amide bonds. The zero-order valence-corrected chi connectivity index (χ0v) is 15.3. The Labute approximate surface area is 151 Å². The molecule has 0 saturated carbocycles. The minimum absolute atomic E-state index is 0.0904. The third kappa shape index (κ3) is 2.77. The molecule has 0 radical (unpaired) electrons. The van der Waals surface area contributed by atoms with Crippen LogP contribution in [0.4, 0.5) is 24.7 Å². The zero-order chi connectivity index (χ0) is 17.5. The van der Waals surface area contributed by atoms with E-state index in [0.717, 1.165) is 3.57 Å². The Bertz CT molecular complexity index is 764. The normalized spacial score (nSPS) is 19.6. The Hall–Kier alpha value is -1.35. The standard InChI is InChI=1S/C17H16F3IN2O/c1-10(2)24-9-16(17(18,19)20)12-4-3-7-22-15(12)23-14-6-5-11(21)8-13(14)16/h3-8,10H,9H2,1-2H3,(H,22,23). The van der Waals surface area contributed by atoms with Crippen LogP contribution in [-0.4, -0.2) is 23.9 Å². The van der Waals surface area contributed by atoms with Crippen molar-refractivity contribution in [3.8, 4) is 0 Å². The molecule has 1 unspecified atom stereocenters. The van der Waals surface area contributed by atoms with Gasteiger partial charge in [-0.05, 0) is 66.3 Å². The molecule has 1 aliphatic heterocycles. The molecule has 2 aromatic rings. The molecule has 7 heteroatoms. The zero-order valence-electron chi connectivity index (χ0n) is 13.1. The molecule has 0 spiro atoms. The van der Waals surface area contributed by atoms with Gasteiger partial charge in [0.1, 0.15) is 11.2 Å². The summed E-state index contributed by atoms with van der Waals surface area (Å²) < 4.78 is 49.4. The van der Waals surface area contributed by atoms with Crippen molar-refractivity contribution < 1.29 is 17.9 Å². The van der Waals surface area contributed by atoms with E-state index in [1.165, 1.54) is 18.3 Å². The number of aromatic nitrogens is 1. The topological polar surface area (TPSA) is 34.1 Å². The molecule has 24 heavy (non-hydrogen) atoms. The number of hydrogen-bond acceptors (Lipinski definition) is 3. The Morgan fingerprint density at radius 1 is 1.25 bits per heavy atom. The lowest BCUT2D eigenvalue weighted by atomic mass is 9.72. The molecule has 3 nitrogen and oxygen atoms in total. The van der Waals surface area contributed by atoms with Crippen molar-refractivity contribution in [2.45, 2.75) is 31.5 Å². The van der Waals surface area contributed by atoms with Crippen LogP contribution in [0, 0.1) is 3.57 Å². The van der Waals surface area contributed by atoms with Crippen molar-refractivity contribution in [2.75, 3.05) is 11.9 Å². The van der Waals surface area contributed by atoms with Crippen LogP contribution in [0.2, 0.25) is 0 Å². The molecular formula is C17H16F3IN2O. The molecule has 0 saturated heterocycles. The molecule has 1 aliphatic rings. The average Bonchev–Trinajstić information content (AvgIpc) is 2.50. The maximum atomic E-state index is 14.4. The molecule has 3 rings (SSSR count). The van der Waals surface area contributed by atoms with E-state index in [1.54, 1.807) is 32.0 Å². The van der Waals surface area contributed by atoms with E-state index < -0.39 is 18.2 Å². The van der Waals surface area contributed by atoms with Gasteiger partial charge >= 0.3 is 6.18 Å². The molecule has 0 bridgehead atoms. The molecular weight excluding hydrogens is 432 g/mol. The van der Waals surface area contributed by atoms with Gasteiger partial charge in [-0.3, -0.25) is 0 Å². The summed E-state index contributed by atoms with van der Waals surface area (Å²) in [6.07, 6.45) is -3.36. The van der Waals surface area contributed by atoms with Gasteiger partial charge in [0, 0.05) is 21.0 Å². The Morgan fingerprint density at radius 3 is 2.67 bits per heavy atom. The van der Waals surface area contributed by atoms with Gasteiger partial charge in [0.15, 0.2) is 0 Å².